The topological polar surface area (TPSA) is 15.3 Å². The third-order valence-electron chi connectivity index (χ3n) is 5.02. The van der Waals surface area contributed by atoms with E-state index in [1.54, 1.807) is 0 Å². The fourth-order valence-electron chi connectivity index (χ4n) is 4.72. The number of hydrogen-bond donors (Lipinski definition) is 1. The van der Waals surface area contributed by atoms with E-state index in [-0.39, 0.29) is 5.54 Å². The summed E-state index contributed by atoms with van der Waals surface area (Å²) < 4.78 is 0. The average Bonchev–Trinajstić information content (AvgIpc) is 2.17. The van der Waals surface area contributed by atoms with Gasteiger partial charge in [-0.15, -0.1) is 0 Å². The van der Waals surface area contributed by atoms with Crippen LogP contribution in [0.15, 0.2) is 0 Å². The molecule has 1 N–H and O–H groups in total. The van der Waals surface area contributed by atoms with Crippen molar-refractivity contribution in [3.8, 4) is 0 Å². The van der Waals surface area contributed by atoms with Crippen LogP contribution >= 0.6 is 0 Å². The van der Waals surface area contributed by atoms with Crippen molar-refractivity contribution in [1.29, 1.82) is 0 Å². The summed E-state index contributed by atoms with van der Waals surface area (Å²) >= 11 is 0. The molecule has 1 saturated carbocycles. The maximum absolute atomic E-state index is 3.68. The summed E-state index contributed by atoms with van der Waals surface area (Å²) in [7, 11) is 0. The Morgan fingerprint density at radius 2 is 1.47 bits per heavy atom. The second-order valence-corrected chi connectivity index (χ2v) is 9.35. The molecule has 0 spiro atoms. The first-order chi connectivity index (χ1) is 8.50. The van der Waals surface area contributed by atoms with Gasteiger partial charge < -0.3 is 5.32 Å². The molecule has 0 bridgehead atoms. The zero-order chi connectivity index (χ0) is 14.5. The zero-order valence-electron chi connectivity index (χ0n) is 14.1. The molecule has 2 rings (SSSR count). The molecule has 0 aromatic rings. The minimum absolute atomic E-state index is 0.262. The minimum Gasteiger partial charge on any atom is -0.309 e. The van der Waals surface area contributed by atoms with Gasteiger partial charge >= 0.3 is 0 Å². The molecule has 2 aliphatic rings. The van der Waals surface area contributed by atoms with Crippen LogP contribution in [0.5, 0.6) is 0 Å². The van der Waals surface area contributed by atoms with Crippen LogP contribution in [0, 0.1) is 10.8 Å². The lowest BCUT2D eigenvalue weighted by Crippen LogP contribution is -2.64. The Labute approximate surface area is 120 Å². The third kappa shape index (κ3) is 3.72. The van der Waals surface area contributed by atoms with Gasteiger partial charge in [-0.05, 0) is 50.9 Å². The Hall–Kier alpha value is -0.0800. The quantitative estimate of drug-likeness (QED) is 0.779. The van der Waals surface area contributed by atoms with E-state index in [4.69, 9.17) is 0 Å². The van der Waals surface area contributed by atoms with Gasteiger partial charge in [0.05, 0.1) is 0 Å². The highest BCUT2D eigenvalue weighted by atomic mass is 15.3. The predicted octanol–water partition coefficient (Wildman–Crippen LogP) is 3.66. The first-order valence-corrected chi connectivity index (χ1v) is 8.01. The second kappa shape index (κ2) is 4.73. The molecule has 0 radical (unpaired) electrons. The summed E-state index contributed by atoms with van der Waals surface area (Å²) in [6.07, 6.45) is 4.08. The van der Waals surface area contributed by atoms with E-state index in [1.807, 2.05) is 0 Å². The fourth-order valence-corrected chi connectivity index (χ4v) is 4.72. The molecule has 2 heteroatoms. The van der Waals surface area contributed by atoms with E-state index >= 15 is 0 Å². The van der Waals surface area contributed by atoms with Gasteiger partial charge in [0.2, 0.25) is 0 Å². The lowest BCUT2D eigenvalue weighted by Gasteiger charge is -2.53. The Bertz CT molecular complexity index is 314. The minimum atomic E-state index is 0.262. The molecule has 1 atom stereocenters. The Morgan fingerprint density at radius 1 is 0.947 bits per heavy atom. The van der Waals surface area contributed by atoms with Crippen LogP contribution < -0.4 is 5.32 Å². The van der Waals surface area contributed by atoms with Crippen LogP contribution in [-0.2, 0) is 0 Å². The van der Waals surface area contributed by atoms with Crippen LogP contribution in [-0.4, -0.2) is 35.6 Å². The number of rotatable bonds is 1. The van der Waals surface area contributed by atoms with Gasteiger partial charge in [-0.3, -0.25) is 4.90 Å². The van der Waals surface area contributed by atoms with E-state index < -0.39 is 0 Å². The SMILES string of the molecule is CC1CNC(C)(C)CN1C1CC(C)(C)CC(C)(C)C1. The molecule has 0 aromatic carbocycles. The standard InChI is InChI=1S/C17H34N2/c1-13-10-18-17(6,7)12-19(13)14-8-15(2,3)11-16(4,5)9-14/h13-14,18H,8-12H2,1-7H3. The molecular formula is C17H34N2. The van der Waals surface area contributed by atoms with E-state index in [9.17, 15) is 0 Å². The van der Waals surface area contributed by atoms with Crippen LogP contribution in [0.2, 0.25) is 0 Å². The highest BCUT2D eigenvalue weighted by Gasteiger charge is 2.43. The largest absolute Gasteiger partial charge is 0.309 e. The van der Waals surface area contributed by atoms with Crippen molar-refractivity contribution >= 4 is 0 Å². The molecule has 0 aromatic heterocycles. The molecule has 1 aliphatic heterocycles. The summed E-state index contributed by atoms with van der Waals surface area (Å²) in [5.41, 5.74) is 1.24. The third-order valence-corrected chi connectivity index (χ3v) is 5.02. The van der Waals surface area contributed by atoms with Crippen molar-refractivity contribution in [3.63, 3.8) is 0 Å². The Kier molecular flexibility index (Phi) is 3.81. The van der Waals surface area contributed by atoms with Gasteiger partial charge in [0, 0.05) is 30.7 Å². The van der Waals surface area contributed by atoms with Crippen LogP contribution in [0.3, 0.4) is 0 Å². The summed E-state index contributed by atoms with van der Waals surface area (Å²) in [5, 5.41) is 3.68. The second-order valence-electron chi connectivity index (χ2n) is 9.35. The Morgan fingerprint density at radius 3 is 2.00 bits per heavy atom. The summed E-state index contributed by atoms with van der Waals surface area (Å²) in [4.78, 5) is 2.79. The number of hydrogen-bond acceptors (Lipinski definition) is 2. The van der Waals surface area contributed by atoms with Gasteiger partial charge in [0.25, 0.3) is 0 Å². The van der Waals surface area contributed by atoms with Gasteiger partial charge in [-0.1, -0.05) is 27.7 Å². The molecule has 1 saturated heterocycles. The van der Waals surface area contributed by atoms with E-state index in [0.717, 1.165) is 12.6 Å². The van der Waals surface area contributed by atoms with Crippen LogP contribution in [0.4, 0.5) is 0 Å². The summed E-state index contributed by atoms with van der Waals surface area (Å²) in [6, 6.07) is 1.43. The number of nitrogens with zero attached hydrogens (tertiary/aromatic N) is 1. The van der Waals surface area contributed by atoms with Gasteiger partial charge in [-0.2, -0.15) is 0 Å². The van der Waals surface area contributed by atoms with E-state index in [2.05, 4.69) is 58.7 Å². The van der Waals surface area contributed by atoms with Gasteiger partial charge in [-0.25, -0.2) is 0 Å². The molecule has 0 amide bonds. The Balaban J connectivity index is 2.15. The van der Waals surface area contributed by atoms with Crippen molar-refractivity contribution in [2.24, 2.45) is 10.8 Å². The van der Waals surface area contributed by atoms with Crippen molar-refractivity contribution < 1.29 is 0 Å². The van der Waals surface area contributed by atoms with Crippen LogP contribution in [0.1, 0.15) is 67.7 Å². The highest BCUT2D eigenvalue weighted by molar-refractivity contribution is 4.99. The van der Waals surface area contributed by atoms with E-state index in [1.165, 1.54) is 25.8 Å². The normalized spacial score (nSPS) is 35.2. The number of piperazine rings is 1. The monoisotopic (exact) mass is 266 g/mol. The maximum atomic E-state index is 3.68. The maximum Gasteiger partial charge on any atom is 0.0253 e. The lowest BCUT2D eigenvalue weighted by atomic mass is 9.63. The molecule has 112 valence electrons. The average molecular weight is 266 g/mol. The molecule has 1 aliphatic carbocycles. The molecule has 19 heavy (non-hydrogen) atoms. The first kappa shape index (κ1) is 15.3. The summed E-state index contributed by atoms with van der Waals surface area (Å²) in [6.45, 7) is 19.2. The fraction of sp³-hybridized carbons (Fsp3) is 1.00. The predicted molar refractivity (Wildman–Crippen MR) is 83.5 cm³/mol. The molecule has 1 unspecified atom stereocenters. The van der Waals surface area contributed by atoms with Crippen molar-refractivity contribution in [2.75, 3.05) is 13.1 Å². The smallest absolute Gasteiger partial charge is 0.0253 e. The van der Waals surface area contributed by atoms with E-state index in [0.29, 0.717) is 16.9 Å². The lowest BCUT2D eigenvalue weighted by molar-refractivity contribution is -0.0192. The summed E-state index contributed by atoms with van der Waals surface area (Å²) in [5.74, 6) is 0. The van der Waals surface area contributed by atoms with Crippen molar-refractivity contribution in [3.05, 3.63) is 0 Å². The van der Waals surface area contributed by atoms with Crippen molar-refractivity contribution in [1.82, 2.24) is 10.2 Å². The molecule has 2 nitrogen and oxygen atoms in total. The zero-order valence-corrected chi connectivity index (χ0v) is 14.1. The number of nitrogens with one attached hydrogen (secondary N) is 1. The highest BCUT2D eigenvalue weighted by Crippen LogP contribution is 2.47. The molecule has 1 heterocycles. The molecule has 2 fully saturated rings. The van der Waals surface area contributed by atoms with Gasteiger partial charge in [0.1, 0.15) is 0 Å². The van der Waals surface area contributed by atoms with Crippen molar-refractivity contribution in [2.45, 2.75) is 85.4 Å². The van der Waals surface area contributed by atoms with Crippen LogP contribution in [0.25, 0.3) is 0 Å². The first-order valence-electron chi connectivity index (χ1n) is 8.01. The molecular weight excluding hydrogens is 232 g/mol. The van der Waals surface area contributed by atoms with Gasteiger partial charge in [0.15, 0.2) is 0 Å².